The summed E-state index contributed by atoms with van der Waals surface area (Å²) in [4.78, 5) is 16.6. The molecule has 0 saturated heterocycles. The molecule has 4 rings (SSSR count). The molecule has 128 valence electrons. The molecule has 1 amide bonds. The molecular weight excluding hydrogens is 340 g/mol. The fourth-order valence-corrected chi connectivity index (χ4v) is 3.25. The monoisotopic (exact) mass is 356 g/mol. The van der Waals surface area contributed by atoms with Crippen molar-refractivity contribution in [1.82, 2.24) is 14.6 Å². The van der Waals surface area contributed by atoms with Crippen molar-refractivity contribution < 1.29 is 13.2 Å². The molecule has 0 atom stereocenters. The normalized spacial score (nSPS) is 14.6. The molecule has 0 aliphatic heterocycles. The molecule has 0 spiro atoms. The second-order valence-corrected chi connectivity index (χ2v) is 8.20. The SMILES string of the molecule is CS(=O)(=O)c1ccc(-c2cccn3nc(NC(=O)C4CC4)nc23)cc1. The Morgan fingerprint density at radius 3 is 2.56 bits per heavy atom. The number of anilines is 1. The van der Waals surface area contributed by atoms with Gasteiger partial charge in [0.05, 0.1) is 4.90 Å². The Labute approximate surface area is 144 Å². The van der Waals surface area contributed by atoms with Crippen LogP contribution in [0, 0.1) is 5.92 Å². The average Bonchev–Trinajstić information content (AvgIpc) is 3.34. The van der Waals surface area contributed by atoms with Crippen molar-refractivity contribution in [1.29, 1.82) is 0 Å². The number of carbonyl (C=O) groups is 1. The maximum Gasteiger partial charge on any atom is 0.249 e. The van der Waals surface area contributed by atoms with Gasteiger partial charge in [0.1, 0.15) is 0 Å². The lowest BCUT2D eigenvalue weighted by atomic mass is 10.1. The third-order valence-corrected chi connectivity index (χ3v) is 5.27. The van der Waals surface area contributed by atoms with Gasteiger partial charge in [0, 0.05) is 23.9 Å². The van der Waals surface area contributed by atoms with E-state index in [1.54, 1.807) is 35.0 Å². The van der Waals surface area contributed by atoms with Gasteiger partial charge in [0.15, 0.2) is 15.5 Å². The molecule has 1 saturated carbocycles. The lowest BCUT2D eigenvalue weighted by molar-refractivity contribution is -0.117. The van der Waals surface area contributed by atoms with Crippen LogP contribution < -0.4 is 5.32 Å². The first-order chi connectivity index (χ1) is 11.9. The summed E-state index contributed by atoms with van der Waals surface area (Å²) in [6.45, 7) is 0. The summed E-state index contributed by atoms with van der Waals surface area (Å²) in [7, 11) is -3.24. The van der Waals surface area contributed by atoms with E-state index in [4.69, 9.17) is 0 Å². The summed E-state index contributed by atoms with van der Waals surface area (Å²) in [5.74, 6) is 0.307. The number of aromatic nitrogens is 3. The van der Waals surface area contributed by atoms with Crippen molar-refractivity contribution in [3.05, 3.63) is 42.6 Å². The lowest BCUT2D eigenvalue weighted by Crippen LogP contribution is -2.14. The summed E-state index contributed by atoms with van der Waals surface area (Å²) in [6, 6.07) is 10.3. The summed E-state index contributed by atoms with van der Waals surface area (Å²) >= 11 is 0. The Bertz CT molecular complexity index is 1070. The fourth-order valence-electron chi connectivity index (χ4n) is 2.62. The molecule has 1 fully saturated rings. The van der Waals surface area contributed by atoms with Crippen molar-refractivity contribution in [3.63, 3.8) is 0 Å². The molecule has 1 aliphatic carbocycles. The first-order valence-corrected chi connectivity index (χ1v) is 9.78. The third kappa shape index (κ3) is 3.12. The van der Waals surface area contributed by atoms with Crippen LogP contribution in [-0.2, 0) is 14.6 Å². The number of carbonyl (C=O) groups excluding carboxylic acids is 1. The van der Waals surface area contributed by atoms with Gasteiger partial charge in [-0.3, -0.25) is 10.1 Å². The first-order valence-electron chi connectivity index (χ1n) is 7.88. The second-order valence-electron chi connectivity index (χ2n) is 6.19. The molecule has 1 N–H and O–H groups in total. The van der Waals surface area contributed by atoms with E-state index in [2.05, 4.69) is 15.4 Å². The van der Waals surface area contributed by atoms with Crippen molar-refractivity contribution in [2.45, 2.75) is 17.7 Å². The predicted octanol–water partition coefficient (Wildman–Crippen LogP) is 2.15. The van der Waals surface area contributed by atoms with Crippen LogP contribution in [-0.4, -0.2) is 35.2 Å². The van der Waals surface area contributed by atoms with Crippen molar-refractivity contribution in [3.8, 4) is 11.1 Å². The molecule has 0 unspecified atom stereocenters. The minimum Gasteiger partial charge on any atom is -0.293 e. The van der Waals surface area contributed by atoms with E-state index < -0.39 is 9.84 Å². The minimum absolute atomic E-state index is 0.0463. The first kappa shape index (κ1) is 15.8. The van der Waals surface area contributed by atoms with E-state index >= 15 is 0 Å². The summed E-state index contributed by atoms with van der Waals surface area (Å²) < 4.78 is 24.8. The van der Waals surface area contributed by atoms with Gasteiger partial charge >= 0.3 is 0 Å². The van der Waals surface area contributed by atoms with Crippen molar-refractivity contribution >= 4 is 27.3 Å². The standard InChI is InChI=1S/C17H16N4O3S/c1-25(23,24)13-8-6-11(7-9-13)14-3-2-10-21-15(14)18-17(20-21)19-16(22)12-4-5-12/h2-3,6-10,12H,4-5H2,1H3,(H,19,20,22). The van der Waals surface area contributed by atoms with E-state index in [1.165, 1.54) is 6.26 Å². The molecule has 1 aromatic carbocycles. The van der Waals surface area contributed by atoms with Crippen LogP contribution >= 0.6 is 0 Å². The molecule has 7 nitrogen and oxygen atoms in total. The Morgan fingerprint density at radius 2 is 1.92 bits per heavy atom. The van der Waals surface area contributed by atoms with E-state index in [-0.39, 0.29) is 22.7 Å². The van der Waals surface area contributed by atoms with Gasteiger partial charge in [-0.25, -0.2) is 12.9 Å². The largest absolute Gasteiger partial charge is 0.293 e. The quantitative estimate of drug-likeness (QED) is 0.773. The highest BCUT2D eigenvalue weighted by Gasteiger charge is 2.30. The van der Waals surface area contributed by atoms with Gasteiger partial charge in [-0.15, -0.1) is 5.10 Å². The molecule has 1 aliphatic rings. The van der Waals surface area contributed by atoms with E-state index in [1.807, 2.05) is 12.1 Å². The van der Waals surface area contributed by atoms with Crippen LogP contribution in [0.4, 0.5) is 5.95 Å². The highest BCUT2D eigenvalue weighted by atomic mass is 32.2. The number of hydrogen-bond acceptors (Lipinski definition) is 5. The third-order valence-electron chi connectivity index (χ3n) is 4.14. The van der Waals surface area contributed by atoms with Crippen LogP contribution in [0.25, 0.3) is 16.8 Å². The summed E-state index contributed by atoms with van der Waals surface area (Å²) in [5, 5.41) is 7.02. The molecule has 2 aromatic heterocycles. The number of hydrogen-bond donors (Lipinski definition) is 1. The molecular formula is C17H16N4O3S. The zero-order chi connectivity index (χ0) is 17.6. The Balaban J connectivity index is 1.71. The number of amides is 1. The number of sulfone groups is 1. The molecule has 0 radical (unpaired) electrons. The minimum atomic E-state index is -3.24. The smallest absolute Gasteiger partial charge is 0.249 e. The topological polar surface area (TPSA) is 93.4 Å². The Morgan fingerprint density at radius 1 is 1.20 bits per heavy atom. The highest BCUT2D eigenvalue weighted by molar-refractivity contribution is 7.90. The van der Waals surface area contributed by atoms with E-state index in [0.717, 1.165) is 24.0 Å². The van der Waals surface area contributed by atoms with Crippen LogP contribution in [0.15, 0.2) is 47.5 Å². The molecule has 2 heterocycles. The molecule has 25 heavy (non-hydrogen) atoms. The number of fused-ring (bicyclic) bond motifs is 1. The molecule has 8 heteroatoms. The van der Waals surface area contributed by atoms with Crippen molar-refractivity contribution in [2.24, 2.45) is 5.92 Å². The van der Waals surface area contributed by atoms with E-state index in [0.29, 0.717) is 5.65 Å². The van der Waals surface area contributed by atoms with Crippen LogP contribution in [0.1, 0.15) is 12.8 Å². The van der Waals surface area contributed by atoms with Crippen LogP contribution in [0.3, 0.4) is 0 Å². The van der Waals surface area contributed by atoms with Gasteiger partial charge in [-0.05, 0) is 42.7 Å². The fraction of sp³-hybridized carbons (Fsp3) is 0.235. The second kappa shape index (κ2) is 5.66. The molecule has 0 bridgehead atoms. The summed E-state index contributed by atoms with van der Waals surface area (Å²) in [6.07, 6.45) is 4.76. The van der Waals surface area contributed by atoms with Gasteiger partial charge < -0.3 is 0 Å². The number of rotatable bonds is 4. The van der Waals surface area contributed by atoms with Gasteiger partial charge in [-0.2, -0.15) is 4.98 Å². The number of benzene rings is 1. The van der Waals surface area contributed by atoms with Crippen molar-refractivity contribution in [2.75, 3.05) is 11.6 Å². The number of nitrogens with zero attached hydrogens (tertiary/aromatic N) is 3. The predicted molar refractivity (Wildman–Crippen MR) is 92.9 cm³/mol. The van der Waals surface area contributed by atoms with Crippen LogP contribution in [0.5, 0.6) is 0 Å². The Kier molecular flexibility index (Phi) is 3.57. The number of nitrogens with one attached hydrogen (secondary N) is 1. The molecule has 3 aromatic rings. The van der Waals surface area contributed by atoms with Gasteiger partial charge in [0.2, 0.25) is 11.9 Å². The van der Waals surface area contributed by atoms with Crippen LogP contribution in [0.2, 0.25) is 0 Å². The van der Waals surface area contributed by atoms with Gasteiger partial charge in [-0.1, -0.05) is 12.1 Å². The maximum atomic E-state index is 11.9. The zero-order valence-corrected chi connectivity index (χ0v) is 14.3. The highest BCUT2D eigenvalue weighted by Crippen LogP contribution is 2.30. The number of pyridine rings is 1. The lowest BCUT2D eigenvalue weighted by Gasteiger charge is -2.04. The average molecular weight is 356 g/mol. The van der Waals surface area contributed by atoms with E-state index in [9.17, 15) is 13.2 Å². The zero-order valence-electron chi connectivity index (χ0n) is 13.5. The van der Waals surface area contributed by atoms with Gasteiger partial charge in [0.25, 0.3) is 0 Å². The maximum absolute atomic E-state index is 11.9. The summed E-state index contributed by atoms with van der Waals surface area (Å²) in [5.41, 5.74) is 2.23. The Hall–Kier alpha value is -2.74.